The van der Waals surface area contributed by atoms with Crippen molar-refractivity contribution in [1.29, 1.82) is 0 Å². The van der Waals surface area contributed by atoms with Crippen molar-refractivity contribution in [2.24, 2.45) is 0 Å². The largest absolute Gasteiger partial charge is 0.455 e. The molecule has 0 saturated heterocycles. The lowest BCUT2D eigenvalue weighted by molar-refractivity contribution is 0.670. The van der Waals surface area contributed by atoms with Crippen LogP contribution in [0.4, 0.5) is 17.1 Å². The van der Waals surface area contributed by atoms with E-state index in [-0.39, 0.29) is 0 Å². The molecule has 0 N–H and O–H groups in total. The predicted octanol–water partition coefficient (Wildman–Crippen LogP) is 18.2. The number of fused-ring (bicyclic) bond motifs is 4. The van der Waals surface area contributed by atoms with Crippen molar-refractivity contribution < 1.29 is 4.42 Å². The number of furan rings is 1. The molecule has 2 heteroatoms. The molecule has 66 heavy (non-hydrogen) atoms. The number of hydrogen-bond acceptors (Lipinski definition) is 2. The summed E-state index contributed by atoms with van der Waals surface area (Å²) in [6, 6.07) is 94.0. The van der Waals surface area contributed by atoms with Gasteiger partial charge in [-0.2, -0.15) is 0 Å². The Balaban J connectivity index is 1.18. The van der Waals surface area contributed by atoms with Crippen LogP contribution in [0.2, 0.25) is 0 Å². The normalized spacial score (nSPS) is 11.3. The highest BCUT2D eigenvalue weighted by molar-refractivity contribution is 6.13. The van der Waals surface area contributed by atoms with Gasteiger partial charge >= 0.3 is 0 Å². The molecule has 310 valence electrons. The van der Waals surface area contributed by atoms with Gasteiger partial charge in [-0.25, -0.2) is 0 Å². The molecule has 1 aromatic heterocycles. The minimum absolute atomic E-state index is 0.859. The Morgan fingerprint density at radius 2 is 0.788 bits per heavy atom. The summed E-state index contributed by atoms with van der Waals surface area (Å²) in [5, 5.41) is 4.64. The van der Waals surface area contributed by atoms with Crippen LogP contribution in [0, 0.1) is 0 Å². The molecular weight excluding hydrogens is 799 g/mol. The lowest BCUT2D eigenvalue weighted by Gasteiger charge is -2.32. The third kappa shape index (κ3) is 6.93. The second kappa shape index (κ2) is 16.8. The lowest BCUT2D eigenvalue weighted by Crippen LogP contribution is -2.13. The maximum atomic E-state index is 6.94. The summed E-state index contributed by atoms with van der Waals surface area (Å²) >= 11 is 0. The van der Waals surface area contributed by atoms with Gasteiger partial charge < -0.3 is 9.32 Å². The molecule has 0 aliphatic rings. The molecule has 12 rings (SSSR count). The summed E-state index contributed by atoms with van der Waals surface area (Å²) in [6.07, 6.45) is 0. The summed E-state index contributed by atoms with van der Waals surface area (Å²) in [5.41, 5.74) is 18.5. The van der Waals surface area contributed by atoms with Gasteiger partial charge in [0, 0.05) is 33.2 Å². The summed E-state index contributed by atoms with van der Waals surface area (Å²) in [6.45, 7) is 0. The Bertz CT molecular complexity index is 3680. The first kappa shape index (κ1) is 38.9. The van der Waals surface area contributed by atoms with E-state index >= 15 is 0 Å². The van der Waals surface area contributed by atoms with Crippen LogP contribution in [-0.2, 0) is 0 Å². The van der Waals surface area contributed by atoms with Crippen molar-refractivity contribution >= 4 is 49.8 Å². The van der Waals surface area contributed by atoms with E-state index in [1.807, 2.05) is 6.07 Å². The minimum atomic E-state index is 0.859. The topological polar surface area (TPSA) is 16.4 Å². The Morgan fingerprint density at radius 3 is 1.53 bits per heavy atom. The molecule has 0 amide bonds. The van der Waals surface area contributed by atoms with Crippen molar-refractivity contribution in [3.63, 3.8) is 0 Å². The van der Waals surface area contributed by atoms with E-state index in [1.54, 1.807) is 0 Å². The molecule has 1 heterocycles. The SMILES string of the molecule is c1ccc(-c2ccccc2-c2cccc(N(c3ccc(-c4ccc5ccccc5c4)cc3)c3cccc(-c4ccccc4)c3-c3ccccc3)c2-c2cccc3c2oc2ccccc23)cc1. The smallest absolute Gasteiger partial charge is 0.143 e. The fraction of sp³-hybridized carbons (Fsp3) is 0. The summed E-state index contributed by atoms with van der Waals surface area (Å²) in [7, 11) is 0. The number of nitrogens with zero attached hydrogens (tertiary/aromatic N) is 1. The van der Waals surface area contributed by atoms with Crippen LogP contribution in [0.1, 0.15) is 0 Å². The zero-order valence-corrected chi connectivity index (χ0v) is 36.2. The molecule has 0 aliphatic carbocycles. The molecule has 0 saturated carbocycles. The van der Waals surface area contributed by atoms with Gasteiger partial charge in [0.25, 0.3) is 0 Å². The standard InChI is InChI=1S/C64H43NO/c1-4-20-46(21-5-1)52-27-12-13-28-54(52)56-31-18-35-60(63(56)58-33-16-32-57-55-29-14-15-36-61(55)66-64(57)58)65(51-41-39-45(40-42-51)50-38-37-44-19-10-11-26-49(44)43-50)59-34-17-30-53(47-22-6-2-7-23-47)62(59)48-24-8-3-9-25-48/h1-43H. The van der Waals surface area contributed by atoms with E-state index < -0.39 is 0 Å². The number of rotatable bonds is 9. The third-order valence-corrected chi connectivity index (χ3v) is 12.9. The molecule has 0 bridgehead atoms. The zero-order chi connectivity index (χ0) is 43.8. The average molecular weight is 842 g/mol. The van der Waals surface area contributed by atoms with Gasteiger partial charge in [0.05, 0.1) is 11.4 Å². The van der Waals surface area contributed by atoms with Crippen LogP contribution in [0.25, 0.3) is 99.5 Å². The fourth-order valence-electron chi connectivity index (χ4n) is 9.84. The maximum Gasteiger partial charge on any atom is 0.143 e. The Kier molecular flexibility index (Phi) is 9.89. The van der Waals surface area contributed by atoms with E-state index in [0.29, 0.717) is 0 Å². The molecule has 0 atom stereocenters. The third-order valence-electron chi connectivity index (χ3n) is 12.9. The molecule has 2 nitrogen and oxygen atoms in total. The second-order valence-corrected chi connectivity index (χ2v) is 16.8. The first-order valence-corrected chi connectivity index (χ1v) is 22.6. The molecule has 11 aromatic carbocycles. The van der Waals surface area contributed by atoms with E-state index in [0.717, 1.165) is 100 Å². The van der Waals surface area contributed by atoms with Crippen molar-refractivity contribution in [3.05, 3.63) is 261 Å². The van der Waals surface area contributed by atoms with Crippen LogP contribution in [0.15, 0.2) is 265 Å². The minimum Gasteiger partial charge on any atom is -0.455 e. The quantitative estimate of drug-likeness (QED) is 0.144. The number of hydrogen-bond donors (Lipinski definition) is 0. The summed E-state index contributed by atoms with van der Waals surface area (Å²) in [4.78, 5) is 2.48. The van der Waals surface area contributed by atoms with Gasteiger partial charge in [-0.05, 0) is 97.2 Å². The Hall–Kier alpha value is -8.72. The van der Waals surface area contributed by atoms with E-state index in [1.165, 1.54) is 16.3 Å². The average Bonchev–Trinajstić information content (AvgIpc) is 3.79. The summed E-state index contributed by atoms with van der Waals surface area (Å²) in [5.74, 6) is 0. The van der Waals surface area contributed by atoms with Gasteiger partial charge in [-0.15, -0.1) is 0 Å². The van der Waals surface area contributed by atoms with Gasteiger partial charge in [0.2, 0.25) is 0 Å². The van der Waals surface area contributed by atoms with Crippen molar-refractivity contribution in [3.8, 4) is 66.8 Å². The highest BCUT2D eigenvalue weighted by atomic mass is 16.3. The van der Waals surface area contributed by atoms with Gasteiger partial charge in [-0.1, -0.05) is 224 Å². The Morgan fingerprint density at radius 1 is 0.273 bits per heavy atom. The van der Waals surface area contributed by atoms with E-state index in [4.69, 9.17) is 4.42 Å². The summed E-state index contributed by atoms with van der Waals surface area (Å²) < 4.78 is 6.94. The maximum absolute atomic E-state index is 6.94. The zero-order valence-electron chi connectivity index (χ0n) is 36.2. The van der Waals surface area contributed by atoms with Gasteiger partial charge in [0.1, 0.15) is 11.2 Å². The number of benzene rings is 11. The molecule has 12 aromatic rings. The van der Waals surface area contributed by atoms with Gasteiger partial charge in [-0.3, -0.25) is 0 Å². The van der Waals surface area contributed by atoms with E-state index in [2.05, 4.69) is 260 Å². The number of anilines is 3. The van der Waals surface area contributed by atoms with Crippen LogP contribution < -0.4 is 4.90 Å². The highest BCUT2D eigenvalue weighted by Crippen LogP contribution is 2.52. The van der Waals surface area contributed by atoms with Crippen LogP contribution in [0.5, 0.6) is 0 Å². The Labute approximate surface area is 384 Å². The molecule has 0 aliphatic heterocycles. The van der Waals surface area contributed by atoms with Crippen LogP contribution in [0.3, 0.4) is 0 Å². The lowest BCUT2D eigenvalue weighted by atomic mass is 9.87. The first-order valence-electron chi connectivity index (χ1n) is 22.6. The van der Waals surface area contributed by atoms with Gasteiger partial charge in [0.15, 0.2) is 0 Å². The number of para-hydroxylation sites is 2. The van der Waals surface area contributed by atoms with Crippen molar-refractivity contribution in [1.82, 2.24) is 0 Å². The second-order valence-electron chi connectivity index (χ2n) is 16.8. The molecular formula is C64H43NO. The van der Waals surface area contributed by atoms with Crippen LogP contribution in [-0.4, -0.2) is 0 Å². The van der Waals surface area contributed by atoms with Crippen molar-refractivity contribution in [2.75, 3.05) is 4.90 Å². The molecule has 0 unspecified atom stereocenters. The monoisotopic (exact) mass is 841 g/mol. The molecule has 0 fully saturated rings. The van der Waals surface area contributed by atoms with Crippen molar-refractivity contribution in [2.45, 2.75) is 0 Å². The predicted molar refractivity (Wildman–Crippen MR) is 279 cm³/mol. The highest BCUT2D eigenvalue weighted by Gasteiger charge is 2.27. The first-order chi connectivity index (χ1) is 32.8. The van der Waals surface area contributed by atoms with E-state index in [9.17, 15) is 0 Å². The fourth-order valence-corrected chi connectivity index (χ4v) is 9.84. The molecule has 0 radical (unpaired) electrons. The molecule has 0 spiro atoms. The van der Waals surface area contributed by atoms with Crippen LogP contribution >= 0.6 is 0 Å².